The third kappa shape index (κ3) is 4.62. The Bertz CT molecular complexity index is 483. The van der Waals surface area contributed by atoms with Gasteiger partial charge < -0.3 is 10.6 Å². The van der Waals surface area contributed by atoms with Crippen LogP contribution in [0.5, 0.6) is 0 Å². The summed E-state index contributed by atoms with van der Waals surface area (Å²) in [6, 6.07) is 5.65. The number of benzene rings is 1. The second kappa shape index (κ2) is 6.33. The molecule has 2 N–H and O–H groups in total. The summed E-state index contributed by atoms with van der Waals surface area (Å²) in [4.78, 5) is 11.4. The second-order valence-electron chi connectivity index (χ2n) is 4.19. The average Bonchev–Trinajstić information content (AvgIpc) is 2.27. The number of hydrogen-bond donors (Lipinski definition) is 2. The number of nitrogens with one attached hydrogen (secondary N) is 2. The highest BCUT2D eigenvalue weighted by molar-refractivity contribution is 5.94. The molecule has 0 spiro atoms. The van der Waals surface area contributed by atoms with Gasteiger partial charge >= 0.3 is 12.4 Å². The molecule has 0 atom stereocenters. The molecule has 0 bridgehead atoms. The van der Waals surface area contributed by atoms with Gasteiger partial charge in [0.05, 0.1) is 0 Å². The van der Waals surface area contributed by atoms with Crippen molar-refractivity contribution < 1.29 is 31.1 Å². The Morgan fingerprint density at radius 3 is 2.10 bits per heavy atom. The van der Waals surface area contributed by atoms with Crippen LogP contribution >= 0.6 is 0 Å². The summed E-state index contributed by atoms with van der Waals surface area (Å²) in [6.45, 7) is 0.180. The zero-order valence-electron chi connectivity index (χ0n) is 10.8. The quantitative estimate of drug-likeness (QED) is 0.839. The van der Waals surface area contributed by atoms with Crippen molar-refractivity contribution in [3.63, 3.8) is 0 Å². The highest BCUT2D eigenvalue weighted by atomic mass is 19.4. The highest BCUT2D eigenvalue weighted by Crippen LogP contribution is 2.40. The minimum Gasteiger partial charge on any atom is -0.325 e. The summed E-state index contributed by atoms with van der Waals surface area (Å²) >= 11 is 0. The number of halogens is 6. The van der Waals surface area contributed by atoms with Gasteiger partial charge in [-0.15, -0.1) is 0 Å². The first-order valence-corrected chi connectivity index (χ1v) is 5.74. The lowest BCUT2D eigenvalue weighted by molar-refractivity contribution is -0.272. The van der Waals surface area contributed by atoms with Crippen LogP contribution in [0.25, 0.3) is 0 Å². The predicted molar refractivity (Wildman–Crippen MR) is 63.4 cm³/mol. The summed E-state index contributed by atoms with van der Waals surface area (Å²) in [7, 11) is 1.55. The summed E-state index contributed by atoms with van der Waals surface area (Å²) in [5, 5.41) is 4.38. The van der Waals surface area contributed by atoms with Gasteiger partial charge in [-0.25, -0.2) is 0 Å². The van der Waals surface area contributed by atoms with Gasteiger partial charge in [-0.2, -0.15) is 26.3 Å². The molecule has 1 amide bonds. The van der Waals surface area contributed by atoms with Crippen LogP contribution < -0.4 is 10.6 Å². The fourth-order valence-electron chi connectivity index (χ4n) is 1.67. The molecule has 0 unspecified atom stereocenters. The van der Waals surface area contributed by atoms with Gasteiger partial charge in [0.1, 0.15) is 0 Å². The number of amides is 1. The Kier molecular flexibility index (Phi) is 5.21. The molecule has 0 aliphatic rings. The van der Waals surface area contributed by atoms with Crippen LogP contribution in [0.1, 0.15) is 5.56 Å². The van der Waals surface area contributed by atoms with E-state index in [-0.39, 0.29) is 12.2 Å². The Hall–Kier alpha value is -1.77. The van der Waals surface area contributed by atoms with Crippen LogP contribution in [0.2, 0.25) is 0 Å². The first-order chi connectivity index (χ1) is 9.57. The SMILES string of the molecule is CNCc1ccccc1NC(=O)C(C(F)(F)F)C(F)(F)F. The molecule has 1 aromatic rings. The monoisotopic (exact) mass is 314 g/mol. The number of para-hydroxylation sites is 1. The van der Waals surface area contributed by atoms with Gasteiger partial charge in [0.25, 0.3) is 0 Å². The summed E-state index contributed by atoms with van der Waals surface area (Å²) in [6.07, 6.45) is -11.4. The van der Waals surface area contributed by atoms with Crippen molar-refractivity contribution in [1.82, 2.24) is 5.32 Å². The molecule has 9 heteroatoms. The van der Waals surface area contributed by atoms with Gasteiger partial charge in [0.2, 0.25) is 11.8 Å². The zero-order valence-corrected chi connectivity index (χ0v) is 10.8. The van der Waals surface area contributed by atoms with Crippen molar-refractivity contribution >= 4 is 11.6 Å². The van der Waals surface area contributed by atoms with E-state index in [9.17, 15) is 31.1 Å². The number of alkyl halides is 6. The van der Waals surface area contributed by atoms with E-state index in [1.165, 1.54) is 18.2 Å². The van der Waals surface area contributed by atoms with Crippen molar-refractivity contribution in [3.8, 4) is 0 Å². The molecule has 1 rings (SSSR count). The van der Waals surface area contributed by atoms with Gasteiger partial charge in [0.15, 0.2) is 0 Å². The normalized spacial score (nSPS) is 12.6. The van der Waals surface area contributed by atoms with E-state index in [1.54, 1.807) is 18.4 Å². The minimum absolute atomic E-state index is 0.102. The zero-order chi connectivity index (χ0) is 16.3. The fourth-order valence-corrected chi connectivity index (χ4v) is 1.67. The lowest BCUT2D eigenvalue weighted by Crippen LogP contribution is -2.45. The highest BCUT2D eigenvalue weighted by Gasteiger charge is 2.61. The molecule has 0 radical (unpaired) electrons. The van der Waals surface area contributed by atoms with E-state index in [2.05, 4.69) is 5.32 Å². The first-order valence-electron chi connectivity index (χ1n) is 5.74. The number of rotatable bonds is 4. The van der Waals surface area contributed by atoms with E-state index in [0.717, 1.165) is 0 Å². The van der Waals surface area contributed by atoms with E-state index in [0.29, 0.717) is 5.56 Å². The van der Waals surface area contributed by atoms with Crippen LogP contribution in [-0.2, 0) is 11.3 Å². The Morgan fingerprint density at radius 1 is 1.10 bits per heavy atom. The molecule has 1 aromatic carbocycles. The van der Waals surface area contributed by atoms with E-state index in [1.807, 2.05) is 0 Å². The van der Waals surface area contributed by atoms with Crippen LogP contribution in [0.3, 0.4) is 0 Å². The summed E-state index contributed by atoms with van der Waals surface area (Å²) in [5.41, 5.74) is 0.270. The topological polar surface area (TPSA) is 41.1 Å². The van der Waals surface area contributed by atoms with Crippen LogP contribution in [0, 0.1) is 5.92 Å². The van der Waals surface area contributed by atoms with Gasteiger partial charge in [-0.05, 0) is 18.7 Å². The maximum absolute atomic E-state index is 12.4. The predicted octanol–water partition coefficient (Wildman–Crippen LogP) is 3.09. The molecule has 0 aliphatic carbocycles. The summed E-state index contributed by atoms with van der Waals surface area (Å²) in [5.74, 6) is -6.22. The van der Waals surface area contributed by atoms with Gasteiger partial charge in [0, 0.05) is 12.2 Å². The van der Waals surface area contributed by atoms with E-state index in [4.69, 9.17) is 0 Å². The number of carbonyl (C=O) groups excluding carboxylic acids is 1. The summed E-state index contributed by atoms with van der Waals surface area (Å²) < 4.78 is 74.5. The lowest BCUT2D eigenvalue weighted by atomic mass is 10.1. The molecule has 0 aromatic heterocycles. The van der Waals surface area contributed by atoms with Crippen molar-refractivity contribution in [2.75, 3.05) is 12.4 Å². The van der Waals surface area contributed by atoms with E-state index >= 15 is 0 Å². The second-order valence-corrected chi connectivity index (χ2v) is 4.19. The van der Waals surface area contributed by atoms with Crippen LogP contribution in [0.15, 0.2) is 24.3 Å². The molecule has 0 heterocycles. The molecule has 3 nitrogen and oxygen atoms in total. The maximum Gasteiger partial charge on any atom is 0.409 e. The molecule has 0 aliphatic heterocycles. The van der Waals surface area contributed by atoms with Crippen molar-refractivity contribution in [1.29, 1.82) is 0 Å². The van der Waals surface area contributed by atoms with Crippen LogP contribution in [0.4, 0.5) is 32.0 Å². The molecular formula is C12H12F6N2O. The molecule has 0 saturated heterocycles. The third-order valence-corrected chi connectivity index (χ3v) is 2.56. The smallest absolute Gasteiger partial charge is 0.325 e. The molecule has 21 heavy (non-hydrogen) atoms. The fraction of sp³-hybridized carbons (Fsp3) is 0.417. The molecule has 118 valence electrons. The maximum atomic E-state index is 12.4. The third-order valence-electron chi connectivity index (χ3n) is 2.56. The Labute approximate surface area is 116 Å². The number of anilines is 1. The molecular weight excluding hydrogens is 302 g/mol. The Morgan fingerprint density at radius 2 is 1.62 bits per heavy atom. The standard InChI is InChI=1S/C12H12F6N2O/c1-19-6-7-4-2-3-5-8(7)20-10(21)9(11(13,14)15)12(16,17)18/h2-5,9,19H,6H2,1H3,(H,20,21). The van der Waals surface area contributed by atoms with E-state index < -0.39 is 24.2 Å². The molecule has 0 fully saturated rings. The van der Waals surface area contributed by atoms with Gasteiger partial charge in [-0.3, -0.25) is 4.79 Å². The molecule has 0 saturated carbocycles. The largest absolute Gasteiger partial charge is 0.409 e. The Balaban J connectivity index is 3.03. The number of hydrogen-bond acceptors (Lipinski definition) is 2. The minimum atomic E-state index is -5.71. The van der Waals surface area contributed by atoms with Crippen molar-refractivity contribution in [3.05, 3.63) is 29.8 Å². The number of carbonyl (C=O) groups is 1. The van der Waals surface area contributed by atoms with Crippen molar-refractivity contribution in [2.24, 2.45) is 5.92 Å². The van der Waals surface area contributed by atoms with Gasteiger partial charge in [-0.1, -0.05) is 18.2 Å². The average molecular weight is 314 g/mol. The van der Waals surface area contributed by atoms with Crippen LogP contribution in [-0.4, -0.2) is 25.3 Å². The first kappa shape index (κ1) is 17.3. The van der Waals surface area contributed by atoms with Crippen molar-refractivity contribution in [2.45, 2.75) is 18.9 Å². The lowest BCUT2D eigenvalue weighted by Gasteiger charge is -2.22.